The number of hydrogen-bond acceptors (Lipinski definition) is 4. The molecule has 110 valence electrons. The fourth-order valence-corrected chi connectivity index (χ4v) is 2.01. The molecule has 0 saturated heterocycles. The summed E-state index contributed by atoms with van der Waals surface area (Å²) >= 11 is 6.17. The standard InChI is InChI=1S/C15H15ClN2O3/c1-20-13-4-2-3-5-14(13)21-9-11-7-6-10(8-12(11)16)15(17)18-19/h2-8,19H,9H2,1H3,(H2,17,18). The molecule has 0 heterocycles. The van der Waals surface area contributed by atoms with Gasteiger partial charge in [-0.1, -0.05) is 41.0 Å². The van der Waals surface area contributed by atoms with E-state index in [1.165, 1.54) is 0 Å². The van der Waals surface area contributed by atoms with E-state index >= 15 is 0 Å². The van der Waals surface area contributed by atoms with Crippen LogP contribution in [-0.2, 0) is 6.61 Å². The normalized spacial score (nSPS) is 11.2. The number of ether oxygens (including phenoxy) is 2. The second-order valence-corrected chi connectivity index (χ2v) is 4.64. The molecule has 5 nitrogen and oxygen atoms in total. The molecule has 0 aliphatic carbocycles. The Morgan fingerprint density at radius 3 is 2.57 bits per heavy atom. The van der Waals surface area contributed by atoms with Crippen molar-refractivity contribution in [3.63, 3.8) is 0 Å². The molecular weight excluding hydrogens is 292 g/mol. The van der Waals surface area contributed by atoms with Crippen molar-refractivity contribution in [2.24, 2.45) is 10.9 Å². The lowest BCUT2D eigenvalue weighted by molar-refractivity contribution is 0.284. The first-order valence-electron chi connectivity index (χ1n) is 6.18. The summed E-state index contributed by atoms with van der Waals surface area (Å²) in [5.74, 6) is 1.30. The first-order chi connectivity index (χ1) is 10.2. The van der Waals surface area contributed by atoms with Crippen LogP contribution >= 0.6 is 11.6 Å². The maximum Gasteiger partial charge on any atom is 0.170 e. The molecule has 0 aliphatic heterocycles. The molecule has 0 aromatic heterocycles. The second-order valence-electron chi connectivity index (χ2n) is 4.23. The van der Waals surface area contributed by atoms with E-state index in [1.807, 2.05) is 24.3 Å². The Hall–Kier alpha value is -2.40. The van der Waals surface area contributed by atoms with Gasteiger partial charge in [-0.15, -0.1) is 0 Å². The van der Waals surface area contributed by atoms with Crippen molar-refractivity contribution in [3.05, 3.63) is 58.6 Å². The number of hydrogen-bond donors (Lipinski definition) is 2. The number of nitrogens with two attached hydrogens (primary N) is 1. The minimum Gasteiger partial charge on any atom is -0.493 e. The Kier molecular flexibility index (Phi) is 4.90. The molecule has 0 saturated carbocycles. The number of methoxy groups -OCH3 is 1. The second kappa shape index (κ2) is 6.85. The quantitative estimate of drug-likeness (QED) is 0.385. The zero-order valence-electron chi connectivity index (χ0n) is 11.4. The van der Waals surface area contributed by atoms with Crippen LogP contribution in [0.25, 0.3) is 0 Å². The lowest BCUT2D eigenvalue weighted by Crippen LogP contribution is -2.13. The molecule has 0 atom stereocenters. The average molecular weight is 307 g/mol. The maximum absolute atomic E-state index is 8.64. The van der Waals surface area contributed by atoms with Gasteiger partial charge in [0.2, 0.25) is 0 Å². The molecule has 0 bridgehead atoms. The van der Waals surface area contributed by atoms with Crippen molar-refractivity contribution in [2.45, 2.75) is 6.61 Å². The molecule has 21 heavy (non-hydrogen) atoms. The van der Waals surface area contributed by atoms with Crippen LogP contribution in [-0.4, -0.2) is 18.2 Å². The maximum atomic E-state index is 8.64. The molecule has 0 aliphatic rings. The summed E-state index contributed by atoms with van der Waals surface area (Å²) in [5, 5.41) is 12.1. The number of para-hydroxylation sites is 2. The van der Waals surface area contributed by atoms with E-state index in [1.54, 1.807) is 25.3 Å². The minimum absolute atomic E-state index is 0.00842. The molecule has 0 spiro atoms. The van der Waals surface area contributed by atoms with E-state index in [0.29, 0.717) is 22.1 Å². The summed E-state index contributed by atoms with van der Waals surface area (Å²) in [4.78, 5) is 0. The van der Waals surface area contributed by atoms with Gasteiger partial charge in [-0.05, 0) is 18.2 Å². The van der Waals surface area contributed by atoms with Crippen LogP contribution < -0.4 is 15.2 Å². The molecule has 6 heteroatoms. The van der Waals surface area contributed by atoms with Gasteiger partial charge in [0.05, 0.1) is 7.11 Å². The Bertz CT molecular complexity index is 659. The Morgan fingerprint density at radius 1 is 1.24 bits per heavy atom. The molecule has 0 amide bonds. The third-order valence-electron chi connectivity index (χ3n) is 2.91. The number of rotatable bonds is 5. The van der Waals surface area contributed by atoms with Gasteiger partial charge in [-0.2, -0.15) is 0 Å². The van der Waals surface area contributed by atoms with Gasteiger partial charge in [0.25, 0.3) is 0 Å². The Morgan fingerprint density at radius 2 is 1.95 bits per heavy atom. The minimum atomic E-state index is 0.00842. The molecule has 2 aromatic carbocycles. The molecule has 0 unspecified atom stereocenters. The van der Waals surface area contributed by atoms with E-state index in [0.717, 1.165) is 5.56 Å². The van der Waals surface area contributed by atoms with Gasteiger partial charge < -0.3 is 20.4 Å². The zero-order valence-corrected chi connectivity index (χ0v) is 12.2. The summed E-state index contributed by atoms with van der Waals surface area (Å²) in [5.41, 5.74) is 6.84. The highest BCUT2D eigenvalue weighted by atomic mass is 35.5. The van der Waals surface area contributed by atoms with Gasteiger partial charge in [0.15, 0.2) is 17.3 Å². The molecule has 0 fully saturated rings. The highest BCUT2D eigenvalue weighted by Crippen LogP contribution is 2.27. The number of halogens is 1. The van der Waals surface area contributed by atoms with E-state index in [4.69, 9.17) is 32.0 Å². The van der Waals surface area contributed by atoms with Crippen molar-refractivity contribution in [1.82, 2.24) is 0 Å². The predicted octanol–water partition coefficient (Wildman–Crippen LogP) is 3.02. The van der Waals surface area contributed by atoms with E-state index in [9.17, 15) is 0 Å². The van der Waals surface area contributed by atoms with E-state index in [-0.39, 0.29) is 12.4 Å². The number of nitrogens with zero attached hydrogens (tertiary/aromatic N) is 1. The topological polar surface area (TPSA) is 77.1 Å². The molecule has 3 N–H and O–H groups in total. The van der Waals surface area contributed by atoms with Crippen molar-refractivity contribution in [2.75, 3.05) is 7.11 Å². The Balaban J connectivity index is 2.14. The number of oxime groups is 1. The first-order valence-corrected chi connectivity index (χ1v) is 6.55. The third kappa shape index (κ3) is 3.58. The van der Waals surface area contributed by atoms with Gasteiger partial charge in [-0.3, -0.25) is 0 Å². The van der Waals surface area contributed by atoms with Crippen LogP contribution in [0.5, 0.6) is 11.5 Å². The highest BCUT2D eigenvalue weighted by Gasteiger charge is 2.08. The fourth-order valence-electron chi connectivity index (χ4n) is 1.77. The summed E-state index contributed by atoms with van der Waals surface area (Å²) in [7, 11) is 1.58. The van der Waals surface area contributed by atoms with Crippen LogP contribution in [0.2, 0.25) is 5.02 Å². The van der Waals surface area contributed by atoms with Gasteiger partial charge >= 0.3 is 0 Å². The van der Waals surface area contributed by atoms with Crippen LogP contribution in [0.15, 0.2) is 47.6 Å². The smallest absolute Gasteiger partial charge is 0.170 e. The SMILES string of the molecule is COc1ccccc1OCc1ccc(/C(N)=N/O)cc1Cl. The number of amidine groups is 1. The van der Waals surface area contributed by atoms with Gasteiger partial charge in [-0.25, -0.2) is 0 Å². The monoisotopic (exact) mass is 306 g/mol. The summed E-state index contributed by atoms with van der Waals surface area (Å²) in [6, 6.07) is 12.5. The first kappa shape index (κ1) is 15.0. The predicted molar refractivity (Wildman–Crippen MR) is 81.3 cm³/mol. The van der Waals surface area contributed by atoms with Crippen molar-refractivity contribution >= 4 is 17.4 Å². The van der Waals surface area contributed by atoms with Crippen LogP contribution in [0.4, 0.5) is 0 Å². The van der Waals surface area contributed by atoms with Gasteiger partial charge in [0, 0.05) is 16.1 Å². The zero-order chi connectivity index (χ0) is 15.2. The van der Waals surface area contributed by atoms with Crippen LogP contribution in [0, 0.1) is 0 Å². The molecule has 2 aromatic rings. The van der Waals surface area contributed by atoms with Gasteiger partial charge in [0.1, 0.15) is 6.61 Å². The average Bonchev–Trinajstić information content (AvgIpc) is 2.53. The summed E-state index contributed by atoms with van der Waals surface area (Å²) in [6.45, 7) is 0.287. The van der Waals surface area contributed by atoms with E-state index < -0.39 is 0 Å². The summed E-state index contributed by atoms with van der Waals surface area (Å²) in [6.07, 6.45) is 0. The van der Waals surface area contributed by atoms with Crippen molar-refractivity contribution < 1.29 is 14.7 Å². The fraction of sp³-hybridized carbons (Fsp3) is 0.133. The van der Waals surface area contributed by atoms with Crippen LogP contribution in [0.3, 0.4) is 0 Å². The van der Waals surface area contributed by atoms with Crippen molar-refractivity contribution in [3.8, 4) is 11.5 Å². The lowest BCUT2D eigenvalue weighted by atomic mass is 10.1. The molecule has 0 radical (unpaired) electrons. The largest absolute Gasteiger partial charge is 0.493 e. The number of benzene rings is 2. The van der Waals surface area contributed by atoms with E-state index in [2.05, 4.69) is 5.16 Å². The Labute approximate surface area is 127 Å². The summed E-state index contributed by atoms with van der Waals surface area (Å²) < 4.78 is 10.9. The van der Waals surface area contributed by atoms with Crippen LogP contribution in [0.1, 0.15) is 11.1 Å². The van der Waals surface area contributed by atoms with Crippen molar-refractivity contribution in [1.29, 1.82) is 0 Å². The third-order valence-corrected chi connectivity index (χ3v) is 3.26. The highest BCUT2D eigenvalue weighted by molar-refractivity contribution is 6.31. The lowest BCUT2D eigenvalue weighted by Gasteiger charge is -2.11. The molecule has 2 rings (SSSR count). The molecular formula is C15H15ClN2O3.